The van der Waals surface area contributed by atoms with Gasteiger partial charge in [0.15, 0.2) is 0 Å². The van der Waals surface area contributed by atoms with Gasteiger partial charge >= 0.3 is 6.03 Å². The molecule has 3 rings (SSSR count). The molecule has 0 radical (unpaired) electrons. The second-order valence-corrected chi connectivity index (χ2v) is 5.25. The predicted octanol–water partition coefficient (Wildman–Crippen LogP) is 3.77. The third-order valence-electron chi connectivity index (χ3n) is 3.33. The van der Waals surface area contributed by atoms with E-state index >= 15 is 0 Å². The first-order chi connectivity index (χ1) is 10.2. The predicted molar refractivity (Wildman–Crippen MR) is 82.8 cm³/mol. The summed E-state index contributed by atoms with van der Waals surface area (Å²) < 4.78 is 5.62. The third kappa shape index (κ3) is 3.28. The van der Waals surface area contributed by atoms with Gasteiger partial charge in [-0.2, -0.15) is 0 Å². The Balaban J connectivity index is 1.60. The molecule has 5 heteroatoms. The van der Waals surface area contributed by atoms with Crippen LogP contribution in [-0.4, -0.2) is 24.1 Å². The SMILES string of the molecule is O=C1Nc2ccc(Cl)cc2CN1CCOc1ccccc1. The maximum absolute atomic E-state index is 12.0. The van der Waals surface area contributed by atoms with Crippen LogP contribution in [0.5, 0.6) is 5.75 Å². The maximum Gasteiger partial charge on any atom is 0.322 e. The average molecular weight is 303 g/mol. The fraction of sp³-hybridized carbons (Fsp3) is 0.188. The van der Waals surface area contributed by atoms with Gasteiger partial charge in [-0.1, -0.05) is 29.8 Å². The van der Waals surface area contributed by atoms with Crippen LogP contribution in [0.4, 0.5) is 10.5 Å². The first kappa shape index (κ1) is 13.8. The van der Waals surface area contributed by atoms with E-state index in [4.69, 9.17) is 16.3 Å². The molecule has 108 valence electrons. The summed E-state index contributed by atoms with van der Waals surface area (Å²) in [5, 5.41) is 3.53. The molecular weight excluding hydrogens is 288 g/mol. The molecule has 2 aromatic rings. The van der Waals surface area contributed by atoms with E-state index in [1.54, 1.807) is 11.0 Å². The fourth-order valence-electron chi connectivity index (χ4n) is 2.26. The summed E-state index contributed by atoms with van der Waals surface area (Å²) in [7, 11) is 0. The van der Waals surface area contributed by atoms with Gasteiger partial charge in [-0.15, -0.1) is 0 Å². The van der Waals surface area contributed by atoms with E-state index < -0.39 is 0 Å². The highest BCUT2D eigenvalue weighted by Gasteiger charge is 2.22. The molecule has 1 N–H and O–H groups in total. The minimum Gasteiger partial charge on any atom is -0.492 e. The number of carbonyl (C=O) groups excluding carboxylic acids is 1. The minimum absolute atomic E-state index is 0.110. The fourth-order valence-corrected chi connectivity index (χ4v) is 2.45. The van der Waals surface area contributed by atoms with Crippen LogP contribution in [-0.2, 0) is 6.54 Å². The lowest BCUT2D eigenvalue weighted by Crippen LogP contribution is -2.40. The monoisotopic (exact) mass is 302 g/mol. The molecule has 21 heavy (non-hydrogen) atoms. The Labute approximate surface area is 128 Å². The highest BCUT2D eigenvalue weighted by molar-refractivity contribution is 6.30. The van der Waals surface area contributed by atoms with Gasteiger partial charge in [-0.05, 0) is 35.9 Å². The number of ether oxygens (including phenoxy) is 1. The van der Waals surface area contributed by atoms with Gasteiger partial charge in [0, 0.05) is 17.3 Å². The zero-order valence-electron chi connectivity index (χ0n) is 11.4. The lowest BCUT2D eigenvalue weighted by Gasteiger charge is -2.29. The van der Waals surface area contributed by atoms with Crippen molar-refractivity contribution in [2.45, 2.75) is 6.54 Å². The lowest BCUT2D eigenvalue weighted by atomic mass is 10.1. The third-order valence-corrected chi connectivity index (χ3v) is 3.57. The van der Waals surface area contributed by atoms with Crippen molar-refractivity contribution in [1.82, 2.24) is 4.90 Å². The number of benzene rings is 2. The van der Waals surface area contributed by atoms with Gasteiger partial charge in [-0.25, -0.2) is 4.79 Å². The molecule has 0 aliphatic carbocycles. The van der Waals surface area contributed by atoms with Crippen LogP contribution in [0.15, 0.2) is 48.5 Å². The molecule has 1 aliphatic heterocycles. The maximum atomic E-state index is 12.0. The van der Waals surface area contributed by atoms with Crippen molar-refractivity contribution in [2.75, 3.05) is 18.5 Å². The molecular formula is C16H15ClN2O2. The number of nitrogens with one attached hydrogen (secondary N) is 1. The van der Waals surface area contributed by atoms with Crippen LogP contribution >= 0.6 is 11.6 Å². The summed E-state index contributed by atoms with van der Waals surface area (Å²) in [6, 6.07) is 14.9. The van der Waals surface area contributed by atoms with E-state index in [0.29, 0.717) is 24.7 Å². The molecule has 0 aromatic heterocycles. The Morgan fingerprint density at radius 2 is 2.00 bits per heavy atom. The van der Waals surface area contributed by atoms with Crippen LogP contribution in [0.1, 0.15) is 5.56 Å². The highest BCUT2D eigenvalue weighted by Crippen LogP contribution is 2.26. The van der Waals surface area contributed by atoms with E-state index in [9.17, 15) is 4.79 Å². The van der Waals surface area contributed by atoms with Gasteiger partial charge < -0.3 is 15.0 Å². The van der Waals surface area contributed by atoms with E-state index in [-0.39, 0.29) is 6.03 Å². The molecule has 0 saturated carbocycles. The van der Waals surface area contributed by atoms with Crippen molar-refractivity contribution in [2.24, 2.45) is 0 Å². The number of carbonyl (C=O) groups is 1. The summed E-state index contributed by atoms with van der Waals surface area (Å²) in [5.74, 6) is 0.804. The highest BCUT2D eigenvalue weighted by atomic mass is 35.5. The Kier molecular flexibility index (Phi) is 3.97. The molecule has 0 unspecified atom stereocenters. The molecule has 2 amide bonds. The Morgan fingerprint density at radius 1 is 1.19 bits per heavy atom. The van der Waals surface area contributed by atoms with Crippen molar-refractivity contribution in [3.05, 3.63) is 59.1 Å². The largest absolute Gasteiger partial charge is 0.492 e. The molecule has 0 fully saturated rings. The summed E-state index contributed by atoms with van der Waals surface area (Å²) in [5.41, 5.74) is 1.84. The second kappa shape index (κ2) is 6.06. The number of fused-ring (bicyclic) bond motifs is 1. The molecule has 2 aromatic carbocycles. The number of nitrogens with zero attached hydrogens (tertiary/aromatic N) is 1. The number of anilines is 1. The van der Waals surface area contributed by atoms with Crippen molar-refractivity contribution in [3.63, 3.8) is 0 Å². The van der Waals surface area contributed by atoms with Crippen molar-refractivity contribution in [1.29, 1.82) is 0 Å². The first-order valence-electron chi connectivity index (χ1n) is 6.74. The van der Waals surface area contributed by atoms with E-state index in [1.165, 1.54) is 0 Å². The standard InChI is InChI=1S/C16H15ClN2O2/c17-13-6-7-15-12(10-13)11-19(16(20)18-15)8-9-21-14-4-2-1-3-5-14/h1-7,10H,8-9,11H2,(H,18,20). The van der Waals surface area contributed by atoms with Crippen LogP contribution in [0.3, 0.4) is 0 Å². The molecule has 0 saturated heterocycles. The van der Waals surface area contributed by atoms with Gasteiger partial charge in [0.2, 0.25) is 0 Å². The van der Waals surface area contributed by atoms with Crippen LogP contribution in [0.25, 0.3) is 0 Å². The molecule has 1 aliphatic rings. The smallest absolute Gasteiger partial charge is 0.322 e. The van der Waals surface area contributed by atoms with Gasteiger partial charge in [-0.3, -0.25) is 0 Å². The zero-order valence-corrected chi connectivity index (χ0v) is 12.1. The number of amides is 2. The molecule has 0 spiro atoms. The molecule has 1 heterocycles. The van der Waals surface area contributed by atoms with Crippen LogP contribution in [0.2, 0.25) is 5.02 Å². The summed E-state index contributed by atoms with van der Waals surface area (Å²) in [6.45, 7) is 1.51. The number of rotatable bonds is 4. The Morgan fingerprint density at radius 3 is 2.81 bits per heavy atom. The normalized spacial score (nSPS) is 13.6. The Hall–Kier alpha value is -2.20. The number of hydrogen-bond acceptors (Lipinski definition) is 2. The lowest BCUT2D eigenvalue weighted by molar-refractivity contribution is 0.189. The number of para-hydroxylation sites is 1. The van der Waals surface area contributed by atoms with E-state index in [2.05, 4.69) is 5.32 Å². The number of halogens is 1. The number of urea groups is 1. The van der Waals surface area contributed by atoms with Crippen molar-refractivity contribution in [3.8, 4) is 5.75 Å². The summed E-state index contributed by atoms with van der Waals surface area (Å²) >= 11 is 5.99. The van der Waals surface area contributed by atoms with Gasteiger partial charge in [0.05, 0.1) is 6.54 Å². The average Bonchev–Trinajstić information content (AvgIpc) is 2.49. The van der Waals surface area contributed by atoms with Crippen LogP contribution < -0.4 is 10.1 Å². The Bertz CT molecular complexity index is 646. The van der Waals surface area contributed by atoms with Crippen molar-refractivity contribution < 1.29 is 9.53 Å². The zero-order chi connectivity index (χ0) is 14.7. The molecule has 4 nitrogen and oxygen atoms in total. The van der Waals surface area contributed by atoms with Gasteiger partial charge in [0.25, 0.3) is 0 Å². The van der Waals surface area contributed by atoms with Crippen molar-refractivity contribution >= 4 is 23.3 Å². The topological polar surface area (TPSA) is 41.6 Å². The quantitative estimate of drug-likeness (QED) is 0.934. The summed E-state index contributed by atoms with van der Waals surface area (Å²) in [4.78, 5) is 13.7. The summed E-state index contributed by atoms with van der Waals surface area (Å²) in [6.07, 6.45) is 0. The van der Waals surface area contributed by atoms with Gasteiger partial charge in [0.1, 0.15) is 12.4 Å². The first-order valence-corrected chi connectivity index (χ1v) is 7.12. The van der Waals surface area contributed by atoms with Crippen LogP contribution in [0, 0.1) is 0 Å². The molecule has 0 atom stereocenters. The second-order valence-electron chi connectivity index (χ2n) is 4.81. The van der Waals surface area contributed by atoms with E-state index in [0.717, 1.165) is 17.0 Å². The number of hydrogen-bond donors (Lipinski definition) is 1. The minimum atomic E-state index is -0.110. The molecule has 0 bridgehead atoms. The van der Waals surface area contributed by atoms with E-state index in [1.807, 2.05) is 42.5 Å².